The van der Waals surface area contributed by atoms with E-state index in [2.05, 4.69) is 10.1 Å². The van der Waals surface area contributed by atoms with Gasteiger partial charge in [0.25, 0.3) is 0 Å². The van der Waals surface area contributed by atoms with Crippen molar-refractivity contribution in [2.24, 2.45) is 0 Å². The quantitative estimate of drug-likeness (QED) is 0.786. The maximum absolute atomic E-state index is 12.8. The number of aromatic nitrogens is 2. The van der Waals surface area contributed by atoms with Crippen LogP contribution in [0, 0.1) is 5.82 Å². The van der Waals surface area contributed by atoms with E-state index in [-0.39, 0.29) is 16.5 Å². The van der Waals surface area contributed by atoms with E-state index in [9.17, 15) is 12.8 Å². The summed E-state index contributed by atoms with van der Waals surface area (Å²) in [7, 11) is -3.58. The third-order valence-electron chi connectivity index (χ3n) is 2.47. The third kappa shape index (κ3) is 3.37. The van der Waals surface area contributed by atoms with Crippen molar-refractivity contribution in [1.29, 1.82) is 0 Å². The second-order valence-electron chi connectivity index (χ2n) is 4.07. The molecule has 0 aliphatic carbocycles. The molecule has 0 unspecified atom stereocenters. The fourth-order valence-electron chi connectivity index (χ4n) is 1.56. The molecule has 1 heterocycles. The molecule has 0 spiro atoms. The lowest BCUT2D eigenvalue weighted by Gasteiger charge is -2.00. The van der Waals surface area contributed by atoms with Crippen LogP contribution < -0.4 is 0 Å². The van der Waals surface area contributed by atoms with Gasteiger partial charge in [0.15, 0.2) is 15.7 Å². The van der Waals surface area contributed by atoms with Gasteiger partial charge in [-0.3, -0.25) is 0 Å². The fraction of sp³-hybridized carbons (Fsp3) is 0.333. The molecule has 0 amide bonds. The van der Waals surface area contributed by atoms with Crippen molar-refractivity contribution in [3.63, 3.8) is 0 Å². The predicted octanol–water partition coefficient (Wildman–Crippen LogP) is 2.14. The van der Waals surface area contributed by atoms with E-state index >= 15 is 0 Å². The first kappa shape index (κ1) is 13.7. The lowest BCUT2D eigenvalue weighted by Crippen LogP contribution is -2.06. The lowest BCUT2D eigenvalue weighted by molar-refractivity contribution is 0.373. The monoisotopic (exact) mass is 284 g/mol. The highest BCUT2D eigenvalue weighted by Gasteiger charge is 2.19. The van der Waals surface area contributed by atoms with Crippen molar-refractivity contribution in [1.82, 2.24) is 10.1 Å². The van der Waals surface area contributed by atoms with Crippen LogP contribution in [0.3, 0.4) is 0 Å². The Bertz CT molecular complexity index is 650. The van der Waals surface area contributed by atoms with E-state index in [1.807, 2.05) is 6.92 Å². The van der Waals surface area contributed by atoms with Crippen molar-refractivity contribution in [3.8, 4) is 0 Å². The summed E-state index contributed by atoms with van der Waals surface area (Å²) in [6.45, 7) is 1.96. The molecule has 0 aliphatic rings. The molecule has 0 radical (unpaired) electrons. The number of nitrogens with zero attached hydrogens (tertiary/aromatic N) is 2. The fourth-order valence-corrected chi connectivity index (χ4v) is 2.73. The van der Waals surface area contributed by atoms with Crippen LogP contribution in [0.2, 0.25) is 0 Å². The Morgan fingerprint density at radius 1 is 1.26 bits per heavy atom. The molecular weight excluding hydrogens is 271 g/mol. The first-order chi connectivity index (χ1) is 9.01. The Morgan fingerprint density at radius 3 is 2.58 bits per heavy atom. The number of benzene rings is 1. The number of aryl methyl sites for hydroxylation is 1. The first-order valence-corrected chi connectivity index (χ1v) is 7.46. The van der Waals surface area contributed by atoms with E-state index in [0.717, 1.165) is 18.6 Å². The van der Waals surface area contributed by atoms with Crippen molar-refractivity contribution < 1.29 is 17.3 Å². The summed E-state index contributed by atoms with van der Waals surface area (Å²) < 4.78 is 41.7. The summed E-state index contributed by atoms with van der Waals surface area (Å²) in [4.78, 5) is 4.03. The SMILES string of the molecule is CCCc1nc(CS(=O)(=O)c2ccc(F)cc2)no1. The minimum atomic E-state index is -3.58. The van der Waals surface area contributed by atoms with Gasteiger partial charge < -0.3 is 4.52 Å². The van der Waals surface area contributed by atoms with Crippen LogP contribution in [0.4, 0.5) is 4.39 Å². The zero-order chi connectivity index (χ0) is 13.9. The van der Waals surface area contributed by atoms with Gasteiger partial charge >= 0.3 is 0 Å². The van der Waals surface area contributed by atoms with Crippen molar-refractivity contribution in [3.05, 3.63) is 41.8 Å². The standard InChI is InChI=1S/C12H13FN2O3S/c1-2-3-12-14-11(15-18-12)8-19(16,17)10-6-4-9(13)5-7-10/h4-7H,2-3,8H2,1H3. The van der Waals surface area contributed by atoms with E-state index in [0.29, 0.717) is 12.3 Å². The van der Waals surface area contributed by atoms with Crippen LogP contribution in [-0.2, 0) is 22.0 Å². The molecule has 1 aromatic heterocycles. The molecule has 7 heteroatoms. The zero-order valence-corrected chi connectivity index (χ0v) is 11.2. The molecule has 2 aromatic rings. The molecule has 1 aromatic carbocycles. The number of hydrogen-bond donors (Lipinski definition) is 0. The van der Waals surface area contributed by atoms with E-state index in [1.165, 1.54) is 12.1 Å². The molecule has 0 aliphatic heterocycles. The largest absolute Gasteiger partial charge is 0.339 e. The van der Waals surface area contributed by atoms with Gasteiger partial charge in [0, 0.05) is 6.42 Å². The van der Waals surface area contributed by atoms with Gasteiger partial charge in [-0.05, 0) is 30.7 Å². The zero-order valence-electron chi connectivity index (χ0n) is 10.3. The van der Waals surface area contributed by atoms with Crippen LogP contribution in [0.25, 0.3) is 0 Å². The average Bonchev–Trinajstić information content (AvgIpc) is 2.77. The summed E-state index contributed by atoms with van der Waals surface area (Å²) in [6.07, 6.45) is 1.45. The van der Waals surface area contributed by atoms with Crippen molar-refractivity contribution in [2.45, 2.75) is 30.4 Å². The van der Waals surface area contributed by atoms with Gasteiger partial charge in [-0.25, -0.2) is 12.8 Å². The average molecular weight is 284 g/mol. The molecule has 0 N–H and O–H groups in total. The maximum atomic E-state index is 12.8. The number of hydrogen-bond acceptors (Lipinski definition) is 5. The molecule has 102 valence electrons. The topological polar surface area (TPSA) is 73.1 Å². The Labute approximate surface area is 110 Å². The number of halogens is 1. The molecule has 2 rings (SSSR count). The Kier molecular flexibility index (Phi) is 3.94. The normalized spacial score (nSPS) is 11.7. The van der Waals surface area contributed by atoms with Crippen molar-refractivity contribution >= 4 is 9.84 Å². The van der Waals surface area contributed by atoms with Crippen LogP contribution >= 0.6 is 0 Å². The molecule has 0 saturated carbocycles. The Balaban J connectivity index is 2.18. The summed E-state index contributed by atoms with van der Waals surface area (Å²) in [6, 6.07) is 4.65. The van der Waals surface area contributed by atoms with Gasteiger partial charge in [0.1, 0.15) is 11.6 Å². The van der Waals surface area contributed by atoms with Gasteiger partial charge in [0.2, 0.25) is 5.89 Å². The second kappa shape index (κ2) is 5.48. The first-order valence-electron chi connectivity index (χ1n) is 5.81. The van der Waals surface area contributed by atoms with Gasteiger partial charge in [-0.2, -0.15) is 4.98 Å². The highest BCUT2D eigenvalue weighted by molar-refractivity contribution is 7.90. The molecule has 0 saturated heterocycles. The molecule has 0 bridgehead atoms. The predicted molar refractivity (Wildman–Crippen MR) is 65.6 cm³/mol. The highest BCUT2D eigenvalue weighted by atomic mass is 32.2. The van der Waals surface area contributed by atoms with Crippen LogP contribution in [0.1, 0.15) is 25.1 Å². The smallest absolute Gasteiger partial charge is 0.226 e. The maximum Gasteiger partial charge on any atom is 0.226 e. The summed E-state index contributed by atoms with van der Waals surface area (Å²) in [5, 5.41) is 3.62. The van der Waals surface area contributed by atoms with Gasteiger partial charge in [-0.15, -0.1) is 0 Å². The molecule has 0 fully saturated rings. The van der Waals surface area contributed by atoms with E-state index in [4.69, 9.17) is 4.52 Å². The van der Waals surface area contributed by atoms with Crippen molar-refractivity contribution in [2.75, 3.05) is 0 Å². The highest BCUT2D eigenvalue weighted by Crippen LogP contribution is 2.15. The summed E-state index contributed by atoms with van der Waals surface area (Å²) >= 11 is 0. The van der Waals surface area contributed by atoms with Gasteiger partial charge in [-0.1, -0.05) is 12.1 Å². The summed E-state index contributed by atoms with van der Waals surface area (Å²) in [5.74, 6) is -0.297. The molecular formula is C12H13FN2O3S. The second-order valence-corrected chi connectivity index (χ2v) is 6.06. The Morgan fingerprint density at radius 2 is 1.95 bits per heavy atom. The van der Waals surface area contributed by atoms with Crippen LogP contribution in [0.15, 0.2) is 33.7 Å². The van der Waals surface area contributed by atoms with Crippen LogP contribution in [0.5, 0.6) is 0 Å². The number of rotatable bonds is 5. The minimum absolute atomic E-state index is 0.0377. The van der Waals surface area contributed by atoms with Gasteiger partial charge in [0.05, 0.1) is 4.90 Å². The molecule has 19 heavy (non-hydrogen) atoms. The van der Waals surface area contributed by atoms with E-state index in [1.54, 1.807) is 0 Å². The van der Waals surface area contributed by atoms with Crippen LogP contribution in [-0.4, -0.2) is 18.6 Å². The lowest BCUT2D eigenvalue weighted by atomic mass is 10.3. The minimum Gasteiger partial charge on any atom is -0.339 e. The third-order valence-corrected chi connectivity index (χ3v) is 4.09. The molecule has 0 atom stereocenters. The number of sulfone groups is 1. The summed E-state index contributed by atoms with van der Waals surface area (Å²) in [5.41, 5.74) is 0. The Hall–Kier alpha value is -1.76. The van der Waals surface area contributed by atoms with E-state index < -0.39 is 15.7 Å². The molecule has 5 nitrogen and oxygen atoms in total.